The molecule has 0 aromatic rings. The summed E-state index contributed by atoms with van der Waals surface area (Å²) in [7, 11) is 0. The maximum absolute atomic E-state index is 3.82. The molecule has 0 heteroatoms. The van der Waals surface area contributed by atoms with E-state index in [0.717, 1.165) is 18.8 Å². The first kappa shape index (κ1) is 10.6. The van der Waals surface area contributed by atoms with E-state index in [1.165, 1.54) is 6.42 Å². The summed E-state index contributed by atoms with van der Waals surface area (Å²) in [4.78, 5) is 0. The first-order valence-corrected chi connectivity index (χ1v) is 4.44. The van der Waals surface area contributed by atoms with Gasteiger partial charge in [0.05, 0.1) is 0 Å². The molecule has 0 fully saturated rings. The molecule has 63 valence electrons. The van der Waals surface area contributed by atoms with Crippen LogP contribution in [0.5, 0.6) is 0 Å². The molecule has 0 aliphatic carbocycles. The molecule has 1 radical (unpaired) electrons. The van der Waals surface area contributed by atoms with Crippen LogP contribution in [0.15, 0.2) is 0 Å². The van der Waals surface area contributed by atoms with Gasteiger partial charge in [-0.05, 0) is 12.3 Å². The standard InChI is InChI=1S/C11H19/c1-5-7-11(4)9-6-8-10(2)3/h10-11H,1,5,7,9H2,2-4H3. The Morgan fingerprint density at radius 1 is 1.27 bits per heavy atom. The van der Waals surface area contributed by atoms with Crippen LogP contribution in [-0.2, 0) is 0 Å². The predicted octanol–water partition coefficient (Wildman–Crippen LogP) is 3.29. The summed E-state index contributed by atoms with van der Waals surface area (Å²) >= 11 is 0. The van der Waals surface area contributed by atoms with Crippen molar-refractivity contribution >= 4 is 0 Å². The van der Waals surface area contributed by atoms with E-state index in [1.807, 2.05) is 0 Å². The summed E-state index contributed by atoms with van der Waals surface area (Å²) < 4.78 is 0. The van der Waals surface area contributed by atoms with E-state index in [-0.39, 0.29) is 0 Å². The quantitative estimate of drug-likeness (QED) is 0.543. The van der Waals surface area contributed by atoms with Crippen molar-refractivity contribution in [2.45, 2.75) is 40.0 Å². The highest BCUT2D eigenvalue weighted by atomic mass is 14.0. The Bertz CT molecular complexity index is 134. The molecule has 0 bridgehead atoms. The van der Waals surface area contributed by atoms with E-state index in [1.54, 1.807) is 0 Å². The van der Waals surface area contributed by atoms with E-state index >= 15 is 0 Å². The molecule has 0 N–H and O–H groups in total. The molecule has 0 saturated heterocycles. The molecule has 0 saturated carbocycles. The Labute approximate surface area is 71.4 Å². The zero-order valence-corrected chi connectivity index (χ0v) is 7.98. The zero-order chi connectivity index (χ0) is 8.69. The highest BCUT2D eigenvalue weighted by Crippen LogP contribution is 2.08. The molecule has 1 unspecified atom stereocenters. The summed E-state index contributed by atoms with van der Waals surface area (Å²) in [6.45, 7) is 10.3. The van der Waals surface area contributed by atoms with Gasteiger partial charge in [0.2, 0.25) is 0 Å². The second kappa shape index (κ2) is 6.28. The number of hydrogen-bond acceptors (Lipinski definition) is 0. The second-order valence-electron chi connectivity index (χ2n) is 3.43. The Hall–Kier alpha value is -0.440. The first-order valence-electron chi connectivity index (χ1n) is 4.44. The van der Waals surface area contributed by atoms with Gasteiger partial charge in [-0.3, -0.25) is 0 Å². The molecule has 0 heterocycles. The second-order valence-corrected chi connectivity index (χ2v) is 3.43. The summed E-state index contributed by atoms with van der Waals surface area (Å²) in [5.41, 5.74) is 0. The van der Waals surface area contributed by atoms with Gasteiger partial charge in [0.15, 0.2) is 0 Å². The third-order valence-corrected chi connectivity index (χ3v) is 1.54. The SMILES string of the molecule is [CH2]CCC(C)CC#CC(C)C. The van der Waals surface area contributed by atoms with E-state index in [2.05, 4.69) is 39.5 Å². The van der Waals surface area contributed by atoms with Crippen LogP contribution in [0.3, 0.4) is 0 Å². The highest BCUT2D eigenvalue weighted by Gasteiger charge is 1.96. The van der Waals surface area contributed by atoms with Crippen LogP contribution < -0.4 is 0 Å². The van der Waals surface area contributed by atoms with Crippen molar-refractivity contribution in [3.8, 4) is 11.8 Å². The number of rotatable bonds is 3. The third-order valence-electron chi connectivity index (χ3n) is 1.54. The minimum Gasteiger partial charge on any atom is -0.103 e. The molecule has 0 nitrogen and oxygen atoms in total. The normalized spacial score (nSPS) is 12.5. The van der Waals surface area contributed by atoms with Crippen LogP contribution in [0.2, 0.25) is 0 Å². The molecule has 1 atom stereocenters. The summed E-state index contributed by atoms with van der Waals surface area (Å²) in [5, 5.41) is 0. The summed E-state index contributed by atoms with van der Waals surface area (Å²) in [6.07, 6.45) is 3.27. The molecule has 0 rings (SSSR count). The van der Waals surface area contributed by atoms with Crippen LogP contribution >= 0.6 is 0 Å². The Morgan fingerprint density at radius 2 is 1.91 bits per heavy atom. The van der Waals surface area contributed by atoms with Gasteiger partial charge in [0.25, 0.3) is 0 Å². The summed E-state index contributed by atoms with van der Waals surface area (Å²) in [5.74, 6) is 7.59. The molecule has 0 aromatic carbocycles. The molecular weight excluding hydrogens is 132 g/mol. The van der Waals surface area contributed by atoms with E-state index in [9.17, 15) is 0 Å². The van der Waals surface area contributed by atoms with Crippen molar-refractivity contribution in [1.82, 2.24) is 0 Å². The monoisotopic (exact) mass is 151 g/mol. The maximum Gasteiger partial charge on any atom is 0.0146 e. The molecular formula is C11H19. The largest absolute Gasteiger partial charge is 0.103 e. The third kappa shape index (κ3) is 7.46. The molecule has 11 heavy (non-hydrogen) atoms. The van der Waals surface area contributed by atoms with Crippen molar-refractivity contribution in [2.75, 3.05) is 0 Å². The topological polar surface area (TPSA) is 0 Å². The van der Waals surface area contributed by atoms with Crippen molar-refractivity contribution < 1.29 is 0 Å². The van der Waals surface area contributed by atoms with Gasteiger partial charge in [-0.25, -0.2) is 0 Å². The van der Waals surface area contributed by atoms with E-state index in [4.69, 9.17) is 0 Å². The molecule has 0 aromatic heterocycles. The van der Waals surface area contributed by atoms with E-state index in [0.29, 0.717) is 5.92 Å². The van der Waals surface area contributed by atoms with Gasteiger partial charge < -0.3 is 0 Å². The van der Waals surface area contributed by atoms with E-state index < -0.39 is 0 Å². The van der Waals surface area contributed by atoms with Crippen LogP contribution in [0.4, 0.5) is 0 Å². The zero-order valence-electron chi connectivity index (χ0n) is 7.98. The minimum atomic E-state index is 0.516. The maximum atomic E-state index is 3.82. The fourth-order valence-electron chi connectivity index (χ4n) is 0.888. The van der Waals surface area contributed by atoms with Gasteiger partial charge >= 0.3 is 0 Å². The van der Waals surface area contributed by atoms with Crippen molar-refractivity contribution in [2.24, 2.45) is 11.8 Å². The predicted molar refractivity (Wildman–Crippen MR) is 51.0 cm³/mol. The van der Waals surface area contributed by atoms with Crippen molar-refractivity contribution in [3.63, 3.8) is 0 Å². The van der Waals surface area contributed by atoms with Crippen LogP contribution in [0.25, 0.3) is 0 Å². The van der Waals surface area contributed by atoms with Crippen LogP contribution in [0.1, 0.15) is 40.0 Å². The lowest BCUT2D eigenvalue weighted by Gasteiger charge is -2.03. The average Bonchev–Trinajstić information content (AvgIpc) is 1.87. The highest BCUT2D eigenvalue weighted by molar-refractivity contribution is 5.01. The number of hydrogen-bond donors (Lipinski definition) is 0. The molecule has 0 spiro atoms. The summed E-state index contributed by atoms with van der Waals surface area (Å²) in [6, 6.07) is 0. The fourth-order valence-corrected chi connectivity index (χ4v) is 0.888. The van der Waals surface area contributed by atoms with Crippen molar-refractivity contribution in [3.05, 3.63) is 6.92 Å². The Morgan fingerprint density at radius 3 is 2.36 bits per heavy atom. The fraction of sp³-hybridized carbons (Fsp3) is 0.727. The lowest BCUT2D eigenvalue weighted by atomic mass is 10.0. The van der Waals surface area contributed by atoms with Crippen LogP contribution in [0, 0.1) is 30.6 Å². The van der Waals surface area contributed by atoms with Gasteiger partial charge in [0, 0.05) is 12.3 Å². The molecule has 0 aliphatic rings. The van der Waals surface area contributed by atoms with Gasteiger partial charge in [-0.15, -0.1) is 11.8 Å². The Balaban J connectivity index is 3.46. The van der Waals surface area contributed by atoms with Gasteiger partial charge in [-0.1, -0.05) is 34.1 Å². The van der Waals surface area contributed by atoms with Gasteiger partial charge in [0.1, 0.15) is 0 Å². The minimum absolute atomic E-state index is 0.516. The lowest BCUT2D eigenvalue weighted by molar-refractivity contribution is 0.553. The smallest absolute Gasteiger partial charge is 0.0146 e. The molecule has 0 aliphatic heterocycles. The first-order chi connectivity index (χ1) is 5.16. The average molecular weight is 151 g/mol. The van der Waals surface area contributed by atoms with Gasteiger partial charge in [-0.2, -0.15) is 0 Å². The van der Waals surface area contributed by atoms with Crippen LogP contribution in [-0.4, -0.2) is 0 Å². The molecule has 0 amide bonds. The lowest BCUT2D eigenvalue weighted by Crippen LogP contribution is -1.91. The Kier molecular flexibility index (Phi) is 6.03. The van der Waals surface area contributed by atoms with Crippen molar-refractivity contribution in [1.29, 1.82) is 0 Å².